The van der Waals surface area contributed by atoms with Crippen molar-refractivity contribution in [1.82, 2.24) is 10.6 Å². The number of carbonyl (C=O) groups excluding carboxylic acids is 1. The maximum atomic E-state index is 13.0. The van der Waals surface area contributed by atoms with Crippen LogP contribution in [0.15, 0.2) is 54.6 Å². The Morgan fingerprint density at radius 1 is 1.11 bits per heavy atom. The number of rotatable bonds is 6. The van der Waals surface area contributed by atoms with Gasteiger partial charge in [0.25, 0.3) is 0 Å². The average molecular weight is 371 g/mol. The fraction of sp³-hybridized carbons (Fsp3) is 0.381. The van der Waals surface area contributed by atoms with Crippen LogP contribution < -0.4 is 15.5 Å². The predicted molar refractivity (Wildman–Crippen MR) is 104 cm³/mol. The van der Waals surface area contributed by atoms with Crippen molar-refractivity contribution in [2.24, 2.45) is 0 Å². The zero-order chi connectivity index (χ0) is 19.1. The van der Waals surface area contributed by atoms with Gasteiger partial charge < -0.3 is 20.6 Å². The highest BCUT2D eigenvalue weighted by Crippen LogP contribution is 2.20. The second kappa shape index (κ2) is 9.37. The van der Waals surface area contributed by atoms with Crippen LogP contribution in [0.25, 0.3) is 0 Å². The van der Waals surface area contributed by atoms with Crippen molar-refractivity contribution in [2.45, 2.75) is 31.3 Å². The van der Waals surface area contributed by atoms with Crippen LogP contribution in [0.3, 0.4) is 0 Å². The molecule has 6 heteroatoms. The number of hydrogen-bond acceptors (Lipinski definition) is 3. The summed E-state index contributed by atoms with van der Waals surface area (Å²) in [5.41, 5.74) is 2.08. The topological polar surface area (TPSA) is 64.6 Å². The standard InChI is InChI=1S/C21H26FN3O2/c22-17-6-8-20(9-7-17)25-12-10-18(11-13-25)23-21(27)24-19(15-26)14-16-4-2-1-3-5-16/h1-9,18-19,26H,10-15H2,(H2,23,24,27)/t19-/m0/s1. The molecule has 0 unspecified atom stereocenters. The number of benzene rings is 2. The summed E-state index contributed by atoms with van der Waals surface area (Å²) in [6.45, 7) is 1.51. The van der Waals surface area contributed by atoms with Gasteiger partial charge in [0, 0.05) is 24.8 Å². The molecule has 27 heavy (non-hydrogen) atoms. The summed E-state index contributed by atoms with van der Waals surface area (Å²) in [6, 6.07) is 15.8. The van der Waals surface area contributed by atoms with E-state index in [1.54, 1.807) is 12.1 Å². The Kier molecular flexibility index (Phi) is 6.65. The Hall–Kier alpha value is -2.60. The van der Waals surface area contributed by atoms with Crippen molar-refractivity contribution in [1.29, 1.82) is 0 Å². The van der Waals surface area contributed by atoms with Crippen LogP contribution in [0.4, 0.5) is 14.9 Å². The van der Waals surface area contributed by atoms with Crippen molar-refractivity contribution >= 4 is 11.7 Å². The smallest absolute Gasteiger partial charge is 0.315 e. The van der Waals surface area contributed by atoms with E-state index in [9.17, 15) is 14.3 Å². The Morgan fingerprint density at radius 2 is 1.78 bits per heavy atom. The van der Waals surface area contributed by atoms with Crippen LogP contribution in [-0.4, -0.2) is 42.9 Å². The largest absolute Gasteiger partial charge is 0.394 e. The van der Waals surface area contributed by atoms with Crippen molar-refractivity contribution < 1.29 is 14.3 Å². The predicted octanol–water partition coefficient (Wildman–Crippen LogP) is 2.70. The van der Waals surface area contributed by atoms with Crippen molar-refractivity contribution in [3.63, 3.8) is 0 Å². The second-order valence-electron chi connectivity index (χ2n) is 6.92. The van der Waals surface area contributed by atoms with Gasteiger partial charge in [0.05, 0.1) is 12.6 Å². The van der Waals surface area contributed by atoms with E-state index in [-0.39, 0.29) is 30.5 Å². The molecule has 3 rings (SSSR count). The first-order chi connectivity index (χ1) is 13.1. The third-order valence-electron chi connectivity index (χ3n) is 4.90. The number of nitrogens with one attached hydrogen (secondary N) is 2. The highest BCUT2D eigenvalue weighted by Gasteiger charge is 2.22. The summed E-state index contributed by atoms with van der Waals surface area (Å²) >= 11 is 0. The lowest BCUT2D eigenvalue weighted by Crippen LogP contribution is -2.51. The zero-order valence-electron chi connectivity index (χ0n) is 15.3. The van der Waals surface area contributed by atoms with Crippen LogP contribution in [0, 0.1) is 5.82 Å². The molecule has 2 amide bonds. The Morgan fingerprint density at radius 3 is 2.41 bits per heavy atom. The first kappa shape index (κ1) is 19.2. The van der Waals surface area contributed by atoms with E-state index in [1.807, 2.05) is 30.3 Å². The molecule has 1 aliphatic heterocycles. The number of urea groups is 1. The summed E-state index contributed by atoms with van der Waals surface area (Å²) in [5.74, 6) is -0.235. The summed E-state index contributed by atoms with van der Waals surface area (Å²) in [5, 5.41) is 15.4. The van der Waals surface area contributed by atoms with Crippen molar-refractivity contribution in [2.75, 3.05) is 24.6 Å². The van der Waals surface area contributed by atoms with E-state index in [4.69, 9.17) is 0 Å². The molecular formula is C21H26FN3O2. The Balaban J connectivity index is 1.44. The minimum Gasteiger partial charge on any atom is -0.394 e. The van der Waals surface area contributed by atoms with Crippen LogP contribution >= 0.6 is 0 Å². The fourth-order valence-electron chi connectivity index (χ4n) is 3.41. The zero-order valence-corrected chi connectivity index (χ0v) is 15.3. The molecule has 2 aromatic rings. The van der Waals surface area contributed by atoms with Crippen LogP contribution in [0.2, 0.25) is 0 Å². The molecule has 0 aliphatic carbocycles. The van der Waals surface area contributed by atoms with Gasteiger partial charge in [-0.25, -0.2) is 9.18 Å². The molecule has 1 fully saturated rings. The molecule has 2 aromatic carbocycles. The number of nitrogens with zero attached hydrogens (tertiary/aromatic N) is 1. The quantitative estimate of drug-likeness (QED) is 0.732. The van der Waals surface area contributed by atoms with Gasteiger partial charge in [0.15, 0.2) is 0 Å². The number of aliphatic hydroxyl groups is 1. The Labute approximate surface area is 159 Å². The van der Waals surface area contributed by atoms with Crippen LogP contribution in [0.5, 0.6) is 0 Å². The van der Waals surface area contributed by atoms with Crippen LogP contribution in [-0.2, 0) is 6.42 Å². The molecule has 1 atom stereocenters. The SMILES string of the molecule is O=C(NC1CCN(c2ccc(F)cc2)CC1)N[C@H](CO)Cc1ccccc1. The van der Waals surface area contributed by atoms with Gasteiger partial charge >= 0.3 is 6.03 Å². The lowest BCUT2D eigenvalue weighted by molar-refractivity contribution is 0.211. The van der Waals surface area contributed by atoms with Gasteiger partial charge in [0.1, 0.15) is 5.82 Å². The molecule has 5 nitrogen and oxygen atoms in total. The number of piperidine rings is 1. The molecular weight excluding hydrogens is 345 g/mol. The van der Waals surface area contributed by atoms with E-state index in [0.717, 1.165) is 37.2 Å². The van der Waals surface area contributed by atoms with Gasteiger partial charge in [-0.3, -0.25) is 0 Å². The molecule has 0 radical (unpaired) electrons. The number of anilines is 1. The van der Waals surface area contributed by atoms with Crippen LogP contribution in [0.1, 0.15) is 18.4 Å². The van der Waals surface area contributed by atoms with E-state index in [0.29, 0.717) is 6.42 Å². The summed E-state index contributed by atoms with van der Waals surface area (Å²) < 4.78 is 13.0. The van der Waals surface area contributed by atoms with Gasteiger partial charge in [-0.2, -0.15) is 0 Å². The average Bonchev–Trinajstić information content (AvgIpc) is 2.69. The first-order valence-electron chi connectivity index (χ1n) is 9.36. The Bertz CT molecular complexity index is 716. The van der Waals surface area contributed by atoms with E-state index in [2.05, 4.69) is 15.5 Å². The normalized spacial score (nSPS) is 16.0. The first-order valence-corrected chi connectivity index (χ1v) is 9.36. The molecule has 0 saturated carbocycles. The van der Waals surface area contributed by atoms with Gasteiger partial charge in [-0.05, 0) is 49.1 Å². The molecule has 0 aromatic heterocycles. The molecule has 1 saturated heterocycles. The van der Waals surface area contributed by atoms with Gasteiger partial charge in [-0.1, -0.05) is 30.3 Å². The maximum absolute atomic E-state index is 13.0. The number of hydrogen-bond donors (Lipinski definition) is 3. The second-order valence-corrected chi connectivity index (χ2v) is 6.92. The van der Waals surface area contributed by atoms with Crippen molar-refractivity contribution in [3.05, 3.63) is 66.0 Å². The monoisotopic (exact) mass is 371 g/mol. The highest BCUT2D eigenvalue weighted by molar-refractivity contribution is 5.74. The lowest BCUT2D eigenvalue weighted by Gasteiger charge is -2.34. The molecule has 0 spiro atoms. The maximum Gasteiger partial charge on any atom is 0.315 e. The molecule has 3 N–H and O–H groups in total. The van der Waals surface area contributed by atoms with Gasteiger partial charge in [0.2, 0.25) is 0 Å². The molecule has 144 valence electrons. The molecule has 1 aliphatic rings. The fourth-order valence-corrected chi connectivity index (χ4v) is 3.41. The molecule has 0 bridgehead atoms. The summed E-state index contributed by atoms with van der Waals surface area (Å²) in [7, 11) is 0. The highest BCUT2D eigenvalue weighted by atomic mass is 19.1. The van der Waals surface area contributed by atoms with Crippen molar-refractivity contribution in [3.8, 4) is 0 Å². The van der Waals surface area contributed by atoms with E-state index >= 15 is 0 Å². The number of amides is 2. The third-order valence-corrected chi connectivity index (χ3v) is 4.90. The summed E-state index contributed by atoms with van der Waals surface area (Å²) in [6.07, 6.45) is 2.24. The number of carbonyl (C=O) groups is 1. The van der Waals surface area contributed by atoms with E-state index < -0.39 is 0 Å². The minimum atomic E-state index is -0.313. The molecule has 1 heterocycles. The van der Waals surface area contributed by atoms with Gasteiger partial charge in [-0.15, -0.1) is 0 Å². The minimum absolute atomic E-state index is 0.0952. The van der Waals surface area contributed by atoms with E-state index in [1.165, 1.54) is 12.1 Å². The third kappa shape index (κ3) is 5.69. The lowest BCUT2D eigenvalue weighted by atomic mass is 10.0. The summed E-state index contributed by atoms with van der Waals surface area (Å²) in [4.78, 5) is 14.5. The number of halogens is 1. The number of aliphatic hydroxyl groups excluding tert-OH is 1.